The van der Waals surface area contributed by atoms with Crippen LogP contribution in [-0.4, -0.2) is 5.11 Å². The van der Waals surface area contributed by atoms with Crippen molar-refractivity contribution in [1.29, 1.82) is 0 Å². The molecule has 0 saturated carbocycles. The molecule has 0 saturated heterocycles. The molecule has 1 aromatic carbocycles. The number of hydrogen-bond donors (Lipinski definition) is 1. The van der Waals surface area contributed by atoms with Crippen molar-refractivity contribution in [3.8, 4) is 5.75 Å². The molecule has 0 radical (unpaired) electrons. The Kier molecular flexibility index (Phi) is 2.41. The third-order valence-electron chi connectivity index (χ3n) is 2.21. The summed E-state index contributed by atoms with van der Waals surface area (Å²) >= 11 is 0. The molecule has 1 nitrogen and oxygen atoms in total. The van der Waals surface area contributed by atoms with E-state index >= 15 is 0 Å². The maximum atomic E-state index is 9.47. The molecule has 0 fully saturated rings. The zero-order valence-electron chi connectivity index (χ0n) is 8.18. The molecule has 0 unspecified atom stereocenters. The summed E-state index contributed by atoms with van der Waals surface area (Å²) in [5.41, 5.74) is 3.45. The number of rotatable bonds is 1. The van der Waals surface area contributed by atoms with Crippen LogP contribution >= 0.6 is 0 Å². The summed E-state index contributed by atoms with van der Waals surface area (Å²) in [6.07, 6.45) is 0. The predicted octanol–water partition coefficient (Wildman–Crippen LogP) is 3.13. The maximum absolute atomic E-state index is 9.47. The van der Waals surface area contributed by atoms with Gasteiger partial charge in [-0.05, 0) is 42.5 Å². The second kappa shape index (κ2) is 3.18. The second-order valence-corrected chi connectivity index (χ2v) is 3.65. The fraction of sp³-hybridized carbons (Fsp3) is 0.455. The monoisotopic (exact) mass is 164 g/mol. The summed E-state index contributed by atoms with van der Waals surface area (Å²) in [7, 11) is 0. The third-order valence-corrected chi connectivity index (χ3v) is 2.21. The topological polar surface area (TPSA) is 20.2 Å². The van der Waals surface area contributed by atoms with E-state index in [0.717, 1.165) is 5.56 Å². The van der Waals surface area contributed by atoms with E-state index in [9.17, 15) is 5.11 Å². The molecule has 66 valence electrons. The summed E-state index contributed by atoms with van der Waals surface area (Å²) in [6.45, 7) is 8.28. The highest BCUT2D eigenvalue weighted by Gasteiger charge is 2.06. The first-order chi connectivity index (χ1) is 5.52. The van der Waals surface area contributed by atoms with Gasteiger partial charge in [-0.1, -0.05) is 19.9 Å². The molecule has 1 heteroatoms. The van der Waals surface area contributed by atoms with E-state index in [1.165, 1.54) is 11.1 Å². The van der Waals surface area contributed by atoms with Gasteiger partial charge in [0.05, 0.1) is 0 Å². The van der Waals surface area contributed by atoms with Crippen LogP contribution in [-0.2, 0) is 0 Å². The largest absolute Gasteiger partial charge is 0.508 e. The van der Waals surface area contributed by atoms with Gasteiger partial charge in [0.25, 0.3) is 0 Å². The van der Waals surface area contributed by atoms with Gasteiger partial charge >= 0.3 is 0 Å². The normalized spacial score (nSPS) is 10.8. The van der Waals surface area contributed by atoms with Crippen molar-refractivity contribution in [2.24, 2.45) is 0 Å². The summed E-state index contributed by atoms with van der Waals surface area (Å²) in [6, 6.07) is 3.90. The molecular formula is C11H16O. The molecule has 0 aromatic heterocycles. The van der Waals surface area contributed by atoms with E-state index in [1.54, 1.807) is 0 Å². The Morgan fingerprint density at radius 1 is 1.08 bits per heavy atom. The van der Waals surface area contributed by atoms with E-state index < -0.39 is 0 Å². The van der Waals surface area contributed by atoms with Crippen LogP contribution in [0.4, 0.5) is 0 Å². The third kappa shape index (κ3) is 1.60. The minimum Gasteiger partial charge on any atom is -0.508 e. The average molecular weight is 164 g/mol. The van der Waals surface area contributed by atoms with Crippen LogP contribution in [0.5, 0.6) is 5.75 Å². The highest BCUT2D eigenvalue weighted by molar-refractivity contribution is 5.41. The quantitative estimate of drug-likeness (QED) is 0.676. The molecule has 12 heavy (non-hydrogen) atoms. The van der Waals surface area contributed by atoms with Crippen molar-refractivity contribution in [2.45, 2.75) is 33.6 Å². The highest BCUT2D eigenvalue weighted by Crippen LogP contribution is 2.26. The maximum Gasteiger partial charge on any atom is 0.118 e. The lowest BCUT2D eigenvalue weighted by molar-refractivity contribution is 0.469. The van der Waals surface area contributed by atoms with Gasteiger partial charge in [-0.2, -0.15) is 0 Å². The lowest BCUT2D eigenvalue weighted by Crippen LogP contribution is -1.92. The van der Waals surface area contributed by atoms with E-state index in [4.69, 9.17) is 0 Å². The highest BCUT2D eigenvalue weighted by atomic mass is 16.3. The number of phenolic OH excluding ortho intramolecular Hbond substituents is 1. The minimum atomic E-state index is 0.407. The SMILES string of the molecule is Cc1cc(C)c(C(C)C)cc1O. The summed E-state index contributed by atoms with van der Waals surface area (Å²) in [4.78, 5) is 0. The average Bonchev–Trinajstić information content (AvgIpc) is 1.96. The van der Waals surface area contributed by atoms with Gasteiger partial charge in [0.1, 0.15) is 5.75 Å². The van der Waals surface area contributed by atoms with E-state index in [0.29, 0.717) is 11.7 Å². The molecule has 1 rings (SSSR count). The molecule has 0 aliphatic rings. The lowest BCUT2D eigenvalue weighted by atomic mass is 9.96. The summed E-state index contributed by atoms with van der Waals surface area (Å²) in [5, 5.41) is 9.47. The van der Waals surface area contributed by atoms with Crippen molar-refractivity contribution < 1.29 is 5.11 Å². The Bertz CT molecular complexity index is 287. The number of benzene rings is 1. The van der Waals surface area contributed by atoms with Gasteiger partial charge < -0.3 is 5.11 Å². The van der Waals surface area contributed by atoms with E-state index in [2.05, 4.69) is 20.8 Å². The lowest BCUT2D eigenvalue weighted by Gasteiger charge is -2.11. The number of phenols is 1. The number of hydrogen-bond acceptors (Lipinski definition) is 1. The zero-order chi connectivity index (χ0) is 9.30. The first-order valence-electron chi connectivity index (χ1n) is 4.32. The van der Waals surface area contributed by atoms with E-state index in [1.807, 2.05) is 19.1 Å². The molecule has 1 aromatic rings. The van der Waals surface area contributed by atoms with Gasteiger partial charge in [-0.15, -0.1) is 0 Å². The number of aromatic hydroxyl groups is 1. The van der Waals surface area contributed by atoms with Crippen molar-refractivity contribution in [3.05, 3.63) is 28.8 Å². The molecule has 0 spiro atoms. The Morgan fingerprint density at radius 3 is 2.17 bits per heavy atom. The molecule has 0 aliphatic heterocycles. The first kappa shape index (κ1) is 9.11. The van der Waals surface area contributed by atoms with Crippen molar-refractivity contribution in [3.63, 3.8) is 0 Å². The molecule has 0 amide bonds. The van der Waals surface area contributed by atoms with Crippen LogP contribution in [0.3, 0.4) is 0 Å². The van der Waals surface area contributed by atoms with Crippen LogP contribution in [0.1, 0.15) is 36.5 Å². The van der Waals surface area contributed by atoms with Gasteiger partial charge in [-0.25, -0.2) is 0 Å². The van der Waals surface area contributed by atoms with Crippen molar-refractivity contribution in [2.75, 3.05) is 0 Å². The van der Waals surface area contributed by atoms with Crippen LogP contribution < -0.4 is 0 Å². The first-order valence-corrected chi connectivity index (χ1v) is 4.32. The van der Waals surface area contributed by atoms with Crippen LogP contribution in [0.25, 0.3) is 0 Å². The second-order valence-electron chi connectivity index (χ2n) is 3.65. The fourth-order valence-corrected chi connectivity index (χ4v) is 1.48. The summed E-state index contributed by atoms with van der Waals surface area (Å²) < 4.78 is 0. The number of aryl methyl sites for hydroxylation is 2. The van der Waals surface area contributed by atoms with E-state index in [-0.39, 0.29) is 0 Å². The summed E-state index contributed by atoms with van der Waals surface area (Å²) in [5.74, 6) is 0.890. The smallest absolute Gasteiger partial charge is 0.118 e. The molecule has 0 heterocycles. The molecule has 0 bridgehead atoms. The molecule has 1 N–H and O–H groups in total. The van der Waals surface area contributed by atoms with Gasteiger partial charge in [0.2, 0.25) is 0 Å². The Labute approximate surface area is 74.1 Å². The fourth-order valence-electron chi connectivity index (χ4n) is 1.48. The molecule has 0 atom stereocenters. The Morgan fingerprint density at radius 2 is 1.67 bits per heavy atom. The molecule has 0 aliphatic carbocycles. The zero-order valence-corrected chi connectivity index (χ0v) is 8.18. The van der Waals surface area contributed by atoms with Gasteiger partial charge in [0, 0.05) is 0 Å². The van der Waals surface area contributed by atoms with Crippen LogP contribution in [0.15, 0.2) is 12.1 Å². The van der Waals surface area contributed by atoms with Crippen molar-refractivity contribution in [1.82, 2.24) is 0 Å². The predicted molar refractivity (Wildman–Crippen MR) is 51.7 cm³/mol. The van der Waals surface area contributed by atoms with Gasteiger partial charge in [-0.3, -0.25) is 0 Å². The van der Waals surface area contributed by atoms with Crippen LogP contribution in [0.2, 0.25) is 0 Å². The standard InChI is InChI=1S/C11H16O/c1-7(2)10-6-11(12)9(4)5-8(10)3/h5-7,12H,1-4H3. The van der Waals surface area contributed by atoms with Crippen molar-refractivity contribution >= 4 is 0 Å². The Balaban J connectivity index is 3.23. The molecular weight excluding hydrogens is 148 g/mol. The Hall–Kier alpha value is -0.980. The van der Waals surface area contributed by atoms with Gasteiger partial charge in [0.15, 0.2) is 0 Å². The van der Waals surface area contributed by atoms with Crippen LogP contribution in [0, 0.1) is 13.8 Å². The minimum absolute atomic E-state index is 0.407.